The van der Waals surface area contributed by atoms with Crippen LogP contribution in [0.2, 0.25) is 0 Å². The molecular formula is C22H18N2O5. The minimum atomic E-state index is -0.0137. The summed E-state index contributed by atoms with van der Waals surface area (Å²) in [5.74, 6) is 2.58. The number of Topliss-reactive ketones (excluding diaryl/α,β-unsaturated/α-hetero) is 1. The van der Waals surface area contributed by atoms with Gasteiger partial charge in [0, 0.05) is 23.1 Å². The summed E-state index contributed by atoms with van der Waals surface area (Å²) in [5, 5.41) is 7.36. The molecule has 2 heterocycles. The molecule has 1 aliphatic heterocycles. The van der Waals surface area contributed by atoms with Crippen LogP contribution in [0.1, 0.15) is 21.6 Å². The normalized spacial score (nSPS) is 15.7. The van der Waals surface area contributed by atoms with Crippen LogP contribution in [-0.4, -0.2) is 37.0 Å². The van der Waals surface area contributed by atoms with E-state index in [1.54, 1.807) is 20.3 Å². The van der Waals surface area contributed by atoms with Crippen molar-refractivity contribution in [2.45, 2.75) is 6.42 Å². The van der Waals surface area contributed by atoms with Gasteiger partial charge >= 0.3 is 0 Å². The highest BCUT2D eigenvalue weighted by Gasteiger charge is 2.27. The third-order valence-corrected chi connectivity index (χ3v) is 5.12. The Balaban J connectivity index is 1.44. The number of allylic oxidation sites excluding steroid dienone is 1. The van der Waals surface area contributed by atoms with Gasteiger partial charge in [-0.3, -0.25) is 9.89 Å². The summed E-state index contributed by atoms with van der Waals surface area (Å²) in [5.41, 5.74) is 4.69. The Morgan fingerprint density at radius 2 is 1.83 bits per heavy atom. The fourth-order valence-corrected chi connectivity index (χ4v) is 3.66. The Hall–Kier alpha value is -3.74. The number of ketones is 1. The Bertz CT molecular complexity index is 1160. The summed E-state index contributed by atoms with van der Waals surface area (Å²) >= 11 is 0. The van der Waals surface area contributed by atoms with Gasteiger partial charge in [0.2, 0.25) is 6.79 Å². The van der Waals surface area contributed by atoms with Crippen LogP contribution in [0.3, 0.4) is 0 Å². The van der Waals surface area contributed by atoms with Crippen molar-refractivity contribution in [2.24, 2.45) is 0 Å². The number of hydrogen-bond acceptors (Lipinski definition) is 6. The van der Waals surface area contributed by atoms with Crippen molar-refractivity contribution in [3.05, 3.63) is 58.8 Å². The highest BCUT2D eigenvalue weighted by Crippen LogP contribution is 2.38. The molecule has 0 radical (unpaired) electrons. The van der Waals surface area contributed by atoms with E-state index < -0.39 is 0 Å². The van der Waals surface area contributed by atoms with E-state index in [0.717, 1.165) is 28.3 Å². The third-order valence-electron chi connectivity index (χ3n) is 5.12. The van der Waals surface area contributed by atoms with E-state index in [4.69, 9.17) is 18.9 Å². The van der Waals surface area contributed by atoms with E-state index in [2.05, 4.69) is 10.2 Å². The van der Waals surface area contributed by atoms with Crippen molar-refractivity contribution in [1.82, 2.24) is 10.2 Å². The second kappa shape index (κ2) is 6.70. The summed E-state index contributed by atoms with van der Waals surface area (Å²) in [4.78, 5) is 12.8. The van der Waals surface area contributed by atoms with Gasteiger partial charge in [-0.2, -0.15) is 5.10 Å². The number of nitrogens with zero attached hydrogens (tertiary/aromatic N) is 1. The quantitative estimate of drug-likeness (QED) is 0.685. The van der Waals surface area contributed by atoms with Crippen LogP contribution in [-0.2, 0) is 6.42 Å². The minimum absolute atomic E-state index is 0.0137. The number of H-pyrrole nitrogens is 1. The SMILES string of the molecule is COc1cc2c(cc1OC)C(=O)/C(=C/c1cc(-c3ccc4c(c3)OCO4)n[nH]1)C2. The van der Waals surface area contributed by atoms with Crippen molar-refractivity contribution >= 4 is 11.9 Å². The van der Waals surface area contributed by atoms with E-state index in [0.29, 0.717) is 34.8 Å². The fraction of sp³-hybridized carbons (Fsp3) is 0.182. The van der Waals surface area contributed by atoms with Crippen LogP contribution >= 0.6 is 0 Å². The van der Waals surface area contributed by atoms with Gasteiger partial charge in [0.15, 0.2) is 28.8 Å². The number of methoxy groups -OCH3 is 2. The van der Waals surface area contributed by atoms with Gasteiger partial charge in [-0.1, -0.05) is 0 Å². The first kappa shape index (κ1) is 17.4. The van der Waals surface area contributed by atoms with Crippen molar-refractivity contribution in [1.29, 1.82) is 0 Å². The van der Waals surface area contributed by atoms with E-state index in [9.17, 15) is 4.79 Å². The number of nitrogens with one attached hydrogen (secondary N) is 1. The van der Waals surface area contributed by atoms with Gasteiger partial charge in [0.1, 0.15) is 0 Å². The molecule has 0 atom stereocenters. The number of aromatic nitrogens is 2. The maximum absolute atomic E-state index is 12.8. The molecule has 2 aromatic carbocycles. The molecule has 7 heteroatoms. The second-order valence-corrected chi connectivity index (χ2v) is 6.82. The number of benzene rings is 2. The fourth-order valence-electron chi connectivity index (χ4n) is 3.66. The number of fused-ring (bicyclic) bond motifs is 2. The average Bonchev–Trinajstić information content (AvgIpc) is 3.46. The van der Waals surface area contributed by atoms with Gasteiger partial charge in [0.25, 0.3) is 0 Å². The average molecular weight is 390 g/mol. The van der Waals surface area contributed by atoms with Crippen LogP contribution in [0.15, 0.2) is 42.0 Å². The standard InChI is InChI=1S/C22H18N2O5/c1-26-19-8-13-5-14(22(25)16(13)10-20(19)27-2)6-15-9-17(24-23-15)12-3-4-18-21(7-12)29-11-28-18/h3-4,6-10H,5,11H2,1-2H3,(H,23,24)/b14-6+. The molecule has 1 aliphatic carbocycles. The molecule has 0 fully saturated rings. The lowest BCUT2D eigenvalue weighted by atomic mass is 10.1. The highest BCUT2D eigenvalue weighted by molar-refractivity contribution is 6.15. The van der Waals surface area contributed by atoms with Crippen LogP contribution in [0.5, 0.6) is 23.0 Å². The minimum Gasteiger partial charge on any atom is -0.493 e. The Morgan fingerprint density at radius 3 is 2.66 bits per heavy atom. The summed E-state index contributed by atoms with van der Waals surface area (Å²) in [6.07, 6.45) is 2.37. The van der Waals surface area contributed by atoms with Crippen molar-refractivity contribution in [2.75, 3.05) is 21.0 Å². The monoisotopic (exact) mass is 390 g/mol. The first-order chi connectivity index (χ1) is 14.2. The molecule has 146 valence electrons. The predicted octanol–water partition coefficient (Wildman–Crippen LogP) is 3.65. The maximum Gasteiger partial charge on any atom is 0.231 e. The third kappa shape index (κ3) is 2.91. The first-order valence-corrected chi connectivity index (χ1v) is 9.12. The van der Waals surface area contributed by atoms with E-state index in [-0.39, 0.29) is 12.6 Å². The number of rotatable bonds is 4. The molecule has 3 aromatic rings. The first-order valence-electron chi connectivity index (χ1n) is 9.12. The van der Waals surface area contributed by atoms with Crippen LogP contribution < -0.4 is 18.9 Å². The summed E-state index contributed by atoms with van der Waals surface area (Å²) in [6, 6.07) is 11.2. The Labute approximate surface area is 166 Å². The van der Waals surface area contributed by atoms with Crippen molar-refractivity contribution in [3.8, 4) is 34.3 Å². The molecule has 0 saturated carbocycles. The lowest BCUT2D eigenvalue weighted by molar-refractivity contribution is 0.104. The molecule has 1 N–H and O–H groups in total. The van der Waals surface area contributed by atoms with E-state index in [1.807, 2.05) is 36.4 Å². The van der Waals surface area contributed by atoms with Gasteiger partial charge in [-0.15, -0.1) is 0 Å². The largest absolute Gasteiger partial charge is 0.493 e. The van der Waals surface area contributed by atoms with Crippen molar-refractivity contribution in [3.63, 3.8) is 0 Å². The number of carbonyl (C=O) groups is 1. The summed E-state index contributed by atoms with van der Waals surface area (Å²) < 4.78 is 21.4. The number of carbonyl (C=O) groups excluding carboxylic acids is 1. The van der Waals surface area contributed by atoms with Crippen LogP contribution in [0.4, 0.5) is 0 Å². The zero-order valence-electron chi connectivity index (χ0n) is 15.9. The van der Waals surface area contributed by atoms with Crippen molar-refractivity contribution < 1.29 is 23.7 Å². The molecule has 1 aromatic heterocycles. The highest BCUT2D eigenvalue weighted by atomic mass is 16.7. The van der Waals surface area contributed by atoms with Gasteiger partial charge in [-0.05, 0) is 48.0 Å². The molecule has 0 amide bonds. The van der Waals surface area contributed by atoms with Crippen LogP contribution in [0.25, 0.3) is 17.3 Å². The molecule has 0 saturated heterocycles. The summed E-state index contributed by atoms with van der Waals surface area (Å²) in [7, 11) is 3.14. The van der Waals surface area contributed by atoms with Gasteiger partial charge in [0.05, 0.1) is 25.6 Å². The maximum atomic E-state index is 12.8. The van der Waals surface area contributed by atoms with Crippen LogP contribution in [0, 0.1) is 0 Å². The molecule has 0 unspecified atom stereocenters. The molecular weight excluding hydrogens is 372 g/mol. The zero-order chi connectivity index (χ0) is 20.0. The molecule has 2 aliphatic rings. The Morgan fingerprint density at radius 1 is 1.03 bits per heavy atom. The number of hydrogen-bond donors (Lipinski definition) is 1. The second-order valence-electron chi connectivity index (χ2n) is 6.82. The lowest BCUT2D eigenvalue weighted by Gasteiger charge is -2.08. The number of ether oxygens (including phenoxy) is 4. The number of aromatic amines is 1. The van der Waals surface area contributed by atoms with E-state index >= 15 is 0 Å². The summed E-state index contributed by atoms with van der Waals surface area (Å²) in [6.45, 7) is 0.231. The van der Waals surface area contributed by atoms with Gasteiger partial charge in [-0.25, -0.2) is 0 Å². The molecule has 0 spiro atoms. The molecule has 29 heavy (non-hydrogen) atoms. The van der Waals surface area contributed by atoms with E-state index in [1.165, 1.54) is 0 Å². The lowest BCUT2D eigenvalue weighted by Crippen LogP contribution is -1.97. The smallest absolute Gasteiger partial charge is 0.231 e. The topological polar surface area (TPSA) is 82.7 Å². The molecule has 0 bridgehead atoms. The predicted molar refractivity (Wildman–Crippen MR) is 106 cm³/mol. The zero-order valence-corrected chi connectivity index (χ0v) is 15.9. The molecule has 7 nitrogen and oxygen atoms in total. The molecule has 5 rings (SSSR count). The van der Waals surface area contributed by atoms with Gasteiger partial charge < -0.3 is 18.9 Å². The Kier molecular flexibility index (Phi) is 4.01.